The predicted molar refractivity (Wildman–Crippen MR) is 85.6 cm³/mol. The van der Waals surface area contributed by atoms with Crippen molar-refractivity contribution >= 4 is 33.0 Å². The molecule has 0 aromatic carbocycles. The van der Waals surface area contributed by atoms with Gasteiger partial charge in [-0.25, -0.2) is 15.0 Å². The fourth-order valence-corrected chi connectivity index (χ4v) is 2.96. The monoisotopic (exact) mass is 418 g/mol. The molecule has 0 spiro atoms. The van der Waals surface area contributed by atoms with E-state index in [-0.39, 0.29) is 21.5 Å². The maximum atomic E-state index is 13.6. The minimum Gasteiger partial charge on any atom is -0.398 e. The Balaban J connectivity index is 2.21. The second-order valence-corrected chi connectivity index (χ2v) is 6.35. The summed E-state index contributed by atoms with van der Waals surface area (Å²) in [4.78, 5) is 11.8. The Labute approximate surface area is 145 Å². The molecule has 0 saturated heterocycles. The number of halogens is 5. The van der Waals surface area contributed by atoms with Crippen molar-refractivity contribution in [3.05, 3.63) is 45.8 Å². The first-order valence-electron chi connectivity index (χ1n) is 6.37. The summed E-state index contributed by atoms with van der Waals surface area (Å²) in [5, 5.41) is 2.25. The van der Waals surface area contributed by atoms with Gasteiger partial charge in [0.1, 0.15) is 16.4 Å². The van der Waals surface area contributed by atoms with Crippen LogP contribution in [0.25, 0.3) is 22.1 Å². The normalized spacial score (nSPS) is 11.7. The van der Waals surface area contributed by atoms with E-state index < -0.39 is 17.7 Å². The quantitative estimate of drug-likeness (QED) is 0.480. The van der Waals surface area contributed by atoms with Gasteiger partial charge in [-0.15, -0.1) is 11.3 Å². The molecule has 10 heteroatoms. The average Bonchev–Trinajstić information content (AvgIpc) is 3.02. The minimum atomic E-state index is -4.70. The number of aromatic nitrogens is 3. The highest BCUT2D eigenvalue weighted by Crippen LogP contribution is 2.37. The molecule has 3 heterocycles. The number of nitrogen functional groups attached to an aromatic ring is 1. The first-order valence-corrected chi connectivity index (χ1v) is 8.04. The summed E-state index contributed by atoms with van der Waals surface area (Å²) >= 11 is 4.45. The molecule has 4 nitrogen and oxygen atoms in total. The van der Waals surface area contributed by atoms with Crippen molar-refractivity contribution in [1.82, 2.24) is 15.0 Å². The van der Waals surface area contributed by atoms with Gasteiger partial charge in [0.15, 0.2) is 0 Å². The number of thiazole rings is 1. The van der Waals surface area contributed by atoms with Gasteiger partial charge in [-0.1, -0.05) is 0 Å². The van der Waals surface area contributed by atoms with Crippen molar-refractivity contribution in [3.63, 3.8) is 0 Å². The molecule has 0 unspecified atom stereocenters. The zero-order valence-electron chi connectivity index (χ0n) is 11.6. The van der Waals surface area contributed by atoms with Crippen molar-refractivity contribution < 1.29 is 17.6 Å². The van der Waals surface area contributed by atoms with E-state index in [0.717, 1.165) is 6.07 Å². The number of nitrogens with zero attached hydrogens (tertiary/aromatic N) is 3. The summed E-state index contributed by atoms with van der Waals surface area (Å²) in [6.45, 7) is 0. The second kappa shape index (κ2) is 6.10. The summed E-state index contributed by atoms with van der Waals surface area (Å²) < 4.78 is 52.4. The molecule has 0 aliphatic rings. The Morgan fingerprint density at radius 2 is 1.83 bits per heavy atom. The van der Waals surface area contributed by atoms with Crippen molar-refractivity contribution in [3.8, 4) is 22.1 Å². The average molecular weight is 419 g/mol. The Morgan fingerprint density at radius 1 is 1.08 bits per heavy atom. The predicted octanol–water partition coefficient (Wildman–Crippen LogP) is 4.77. The van der Waals surface area contributed by atoms with Crippen LogP contribution in [0.3, 0.4) is 0 Å². The van der Waals surface area contributed by atoms with E-state index >= 15 is 0 Å². The Hall–Kier alpha value is -2.07. The Bertz CT molecular complexity index is 897. The standard InChI is InChI=1S/C14H7BrF4N4S/c15-11-7(20)5-9(13-21-1-2-24-13)23-12(11)8-3-6(14(17,18)19)4-10(16)22-8/h1-5H,(H2,20,23). The highest BCUT2D eigenvalue weighted by molar-refractivity contribution is 9.10. The fourth-order valence-electron chi connectivity index (χ4n) is 1.96. The largest absolute Gasteiger partial charge is 0.416 e. The zero-order valence-corrected chi connectivity index (χ0v) is 14.0. The molecule has 3 aromatic heterocycles. The van der Waals surface area contributed by atoms with Crippen molar-refractivity contribution in [2.24, 2.45) is 0 Å². The lowest BCUT2D eigenvalue weighted by Crippen LogP contribution is -2.07. The van der Waals surface area contributed by atoms with E-state index in [4.69, 9.17) is 5.73 Å². The molecule has 0 atom stereocenters. The van der Waals surface area contributed by atoms with Crippen LogP contribution in [-0.2, 0) is 6.18 Å². The smallest absolute Gasteiger partial charge is 0.398 e. The molecule has 0 fully saturated rings. The van der Waals surface area contributed by atoms with E-state index in [0.29, 0.717) is 16.8 Å². The maximum Gasteiger partial charge on any atom is 0.416 e. The van der Waals surface area contributed by atoms with Crippen molar-refractivity contribution in [2.75, 3.05) is 5.73 Å². The van der Waals surface area contributed by atoms with Gasteiger partial charge in [0.25, 0.3) is 0 Å². The van der Waals surface area contributed by atoms with Gasteiger partial charge in [-0.3, -0.25) is 0 Å². The van der Waals surface area contributed by atoms with Gasteiger partial charge in [-0.05, 0) is 28.1 Å². The molecule has 0 aliphatic heterocycles. The number of rotatable bonds is 2. The molecule has 0 radical (unpaired) electrons. The number of nitrogens with two attached hydrogens (primary N) is 1. The van der Waals surface area contributed by atoms with Crippen LogP contribution in [0.2, 0.25) is 0 Å². The van der Waals surface area contributed by atoms with Crippen LogP contribution in [0.15, 0.2) is 34.2 Å². The van der Waals surface area contributed by atoms with Crippen molar-refractivity contribution in [2.45, 2.75) is 6.18 Å². The topological polar surface area (TPSA) is 64.7 Å². The van der Waals surface area contributed by atoms with Crippen LogP contribution >= 0.6 is 27.3 Å². The Kier molecular flexibility index (Phi) is 4.26. The first-order chi connectivity index (χ1) is 11.3. The van der Waals surface area contributed by atoms with Gasteiger partial charge in [-0.2, -0.15) is 17.6 Å². The molecular formula is C14H7BrF4N4S. The molecule has 0 saturated carbocycles. The maximum absolute atomic E-state index is 13.6. The van der Waals surface area contributed by atoms with E-state index in [1.807, 2.05) is 0 Å². The van der Waals surface area contributed by atoms with E-state index in [1.54, 1.807) is 11.6 Å². The summed E-state index contributed by atoms with van der Waals surface area (Å²) in [5.41, 5.74) is 5.03. The van der Waals surface area contributed by atoms with Gasteiger partial charge < -0.3 is 5.73 Å². The molecule has 24 heavy (non-hydrogen) atoms. The zero-order chi connectivity index (χ0) is 17.5. The molecular weight excluding hydrogens is 412 g/mol. The van der Waals surface area contributed by atoms with E-state index in [1.165, 1.54) is 17.4 Å². The van der Waals surface area contributed by atoms with Crippen molar-refractivity contribution in [1.29, 1.82) is 0 Å². The third kappa shape index (κ3) is 3.24. The number of alkyl halides is 3. The van der Waals surface area contributed by atoms with Crippen LogP contribution in [0.5, 0.6) is 0 Å². The lowest BCUT2D eigenvalue weighted by atomic mass is 10.1. The van der Waals surface area contributed by atoms with Gasteiger partial charge >= 0.3 is 6.18 Å². The summed E-state index contributed by atoms with van der Waals surface area (Å²) in [6.07, 6.45) is -3.15. The minimum absolute atomic E-state index is 0.00481. The van der Waals surface area contributed by atoms with E-state index in [2.05, 4.69) is 30.9 Å². The molecule has 0 aliphatic carbocycles. The third-order valence-corrected chi connectivity index (χ3v) is 4.63. The highest BCUT2D eigenvalue weighted by atomic mass is 79.9. The molecule has 2 N–H and O–H groups in total. The van der Waals surface area contributed by atoms with Gasteiger partial charge in [0.2, 0.25) is 5.95 Å². The number of pyridine rings is 2. The van der Waals surface area contributed by atoms with Crippen LogP contribution < -0.4 is 5.73 Å². The van der Waals surface area contributed by atoms with Gasteiger partial charge in [0.05, 0.1) is 21.4 Å². The molecule has 3 aromatic rings. The SMILES string of the molecule is Nc1cc(-c2nccs2)nc(-c2cc(C(F)(F)F)cc(F)n2)c1Br. The molecule has 3 rings (SSSR count). The number of hydrogen-bond donors (Lipinski definition) is 1. The van der Waals surface area contributed by atoms with E-state index in [9.17, 15) is 17.6 Å². The summed E-state index contributed by atoms with van der Waals surface area (Å²) in [7, 11) is 0. The lowest BCUT2D eigenvalue weighted by molar-refractivity contribution is -0.137. The highest BCUT2D eigenvalue weighted by Gasteiger charge is 2.32. The number of anilines is 1. The number of hydrogen-bond acceptors (Lipinski definition) is 5. The third-order valence-electron chi connectivity index (χ3n) is 3.00. The summed E-state index contributed by atoms with van der Waals surface area (Å²) in [6, 6.07) is 2.57. The van der Waals surface area contributed by atoms with Crippen LogP contribution in [0.1, 0.15) is 5.56 Å². The lowest BCUT2D eigenvalue weighted by Gasteiger charge is -2.11. The van der Waals surface area contributed by atoms with Crippen LogP contribution in [0.4, 0.5) is 23.2 Å². The molecule has 0 bridgehead atoms. The van der Waals surface area contributed by atoms with Crippen LogP contribution in [0, 0.1) is 5.95 Å². The fraction of sp³-hybridized carbons (Fsp3) is 0.0714. The summed E-state index contributed by atoms with van der Waals surface area (Å²) in [5.74, 6) is -1.26. The Morgan fingerprint density at radius 3 is 2.46 bits per heavy atom. The van der Waals surface area contributed by atoms with Gasteiger partial charge in [0, 0.05) is 17.6 Å². The second-order valence-electron chi connectivity index (χ2n) is 4.66. The first kappa shape index (κ1) is 16.8. The molecule has 0 amide bonds. The van der Waals surface area contributed by atoms with Crippen LogP contribution in [-0.4, -0.2) is 15.0 Å². The molecule has 124 valence electrons.